The molecular formula is C51H82N2O4. The Morgan fingerprint density at radius 3 is 1.89 bits per heavy atom. The lowest BCUT2D eigenvalue weighted by molar-refractivity contribution is -0.203. The van der Waals surface area contributed by atoms with Crippen LogP contribution >= 0.6 is 0 Å². The Kier molecular flexibility index (Phi) is 19.6. The molecule has 1 unspecified atom stereocenters. The predicted octanol–water partition coefficient (Wildman–Crippen LogP) is 11.1. The molecule has 6 heteroatoms. The van der Waals surface area contributed by atoms with Crippen molar-refractivity contribution in [2.75, 3.05) is 20.1 Å². The lowest BCUT2D eigenvalue weighted by Gasteiger charge is -2.64. The van der Waals surface area contributed by atoms with Crippen molar-refractivity contribution in [1.29, 1.82) is 0 Å². The third kappa shape index (κ3) is 12.9. The highest BCUT2D eigenvalue weighted by Gasteiger charge is 2.64. The van der Waals surface area contributed by atoms with Gasteiger partial charge in [-0.15, -0.1) is 0 Å². The van der Waals surface area contributed by atoms with Crippen molar-refractivity contribution >= 4 is 11.8 Å². The molecule has 0 aromatic carbocycles. The average molecular weight is 787 g/mol. The monoisotopic (exact) mass is 787 g/mol. The standard InChI is InChI=1S/C51H82N2O4/c1-7-9-10-11-12-13-14-15-16-17-18-19-20-21-22-23-24-25-26-27-47(56)53(6)37-36-52-46(55)31-28-39(3)42-29-30-43-48-44(33-35-50(42,43)4)51(5)34-32-40(54)38-45(51)41(8-2)49(48)57/h9-10,12-13,15-16,18-19,21-22,24-25,39-45,48-49,54,57H,7-8,11,14,17,20,23,26-38H2,1-6H3,(H,52,55)/t39-,40-,41-,42?,43+,44+,45+,48+,49-,50-,51-/m1/s1. The molecule has 0 saturated heterocycles. The topological polar surface area (TPSA) is 89.9 Å². The maximum absolute atomic E-state index is 12.9. The van der Waals surface area contributed by atoms with Gasteiger partial charge < -0.3 is 20.4 Å². The van der Waals surface area contributed by atoms with Crippen LogP contribution in [0.1, 0.15) is 150 Å². The Bertz CT molecular complexity index is 1410. The van der Waals surface area contributed by atoms with E-state index in [2.05, 4.69) is 113 Å². The normalized spacial score (nSPS) is 33.5. The first-order chi connectivity index (χ1) is 27.5. The molecule has 0 radical (unpaired) electrons. The number of carbonyl (C=O) groups is 2. The van der Waals surface area contributed by atoms with Crippen molar-refractivity contribution in [2.45, 2.75) is 162 Å². The van der Waals surface area contributed by atoms with Gasteiger partial charge in [0.05, 0.1) is 12.2 Å². The summed E-state index contributed by atoms with van der Waals surface area (Å²) in [5.74, 6) is 3.37. The zero-order valence-electron chi connectivity index (χ0n) is 36.9. The molecule has 0 bridgehead atoms. The van der Waals surface area contributed by atoms with Crippen LogP contribution in [0.15, 0.2) is 72.9 Å². The lowest BCUT2D eigenvalue weighted by atomic mass is 9.41. The van der Waals surface area contributed by atoms with E-state index in [4.69, 9.17) is 0 Å². The van der Waals surface area contributed by atoms with Crippen molar-refractivity contribution in [3.05, 3.63) is 72.9 Å². The van der Waals surface area contributed by atoms with E-state index in [-0.39, 0.29) is 40.8 Å². The molecule has 11 atom stereocenters. The van der Waals surface area contributed by atoms with Crippen LogP contribution < -0.4 is 5.32 Å². The molecule has 3 N–H and O–H groups in total. The minimum atomic E-state index is -0.269. The van der Waals surface area contributed by atoms with Gasteiger partial charge in [0, 0.05) is 33.0 Å². The van der Waals surface area contributed by atoms with E-state index in [0.717, 1.165) is 77.0 Å². The van der Waals surface area contributed by atoms with Crippen molar-refractivity contribution in [1.82, 2.24) is 10.2 Å². The van der Waals surface area contributed by atoms with Gasteiger partial charge >= 0.3 is 0 Å². The largest absolute Gasteiger partial charge is 0.393 e. The molecule has 4 saturated carbocycles. The summed E-state index contributed by atoms with van der Waals surface area (Å²) in [5.41, 5.74) is 0.433. The van der Waals surface area contributed by atoms with E-state index >= 15 is 0 Å². The molecule has 4 aliphatic rings. The van der Waals surface area contributed by atoms with E-state index < -0.39 is 0 Å². The van der Waals surface area contributed by atoms with Crippen LogP contribution in [0, 0.1) is 52.3 Å². The Labute approximate surface area is 348 Å². The molecule has 320 valence electrons. The van der Waals surface area contributed by atoms with Gasteiger partial charge in [0.1, 0.15) is 0 Å². The smallest absolute Gasteiger partial charge is 0.222 e. The first-order valence-corrected chi connectivity index (χ1v) is 23.2. The Hall–Kier alpha value is -2.70. The minimum Gasteiger partial charge on any atom is -0.393 e. The second kappa shape index (κ2) is 23.8. The van der Waals surface area contributed by atoms with E-state index in [0.29, 0.717) is 61.4 Å². The van der Waals surface area contributed by atoms with Gasteiger partial charge in [-0.05, 0) is 149 Å². The van der Waals surface area contributed by atoms with E-state index in [9.17, 15) is 19.8 Å². The molecule has 4 rings (SSSR count). The molecule has 57 heavy (non-hydrogen) atoms. The number of rotatable bonds is 22. The van der Waals surface area contributed by atoms with Crippen LogP contribution in [0.4, 0.5) is 0 Å². The highest BCUT2D eigenvalue weighted by atomic mass is 16.3. The maximum Gasteiger partial charge on any atom is 0.222 e. The summed E-state index contributed by atoms with van der Waals surface area (Å²) < 4.78 is 0. The maximum atomic E-state index is 12.9. The molecule has 2 amide bonds. The minimum absolute atomic E-state index is 0.0797. The highest BCUT2D eigenvalue weighted by Crippen LogP contribution is 2.69. The van der Waals surface area contributed by atoms with Gasteiger partial charge in [0.25, 0.3) is 0 Å². The molecule has 0 heterocycles. The van der Waals surface area contributed by atoms with Gasteiger partial charge in [0.15, 0.2) is 0 Å². The van der Waals surface area contributed by atoms with Crippen LogP contribution in [0.25, 0.3) is 0 Å². The number of hydrogen-bond acceptors (Lipinski definition) is 4. The number of likely N-dealkylation sites (N-methyl/N-ethyl adjacent to an activating group) is 1. The van der Waals surface area contributed by atoms with Gasteiger partial charge in [-0.2, -0.15) is 0 Å². The SMILES string of the molecule is CCC=CCC=CCC=CCC=CCC=CCC=CCCC(=O)N(C)CCNC(=O)CC[C@@H](C)C1CC[C@H]2[C@@H]3[C@H](O)[C@H](CC)[C@@H]4C[C@H](O)CC[C@]4(C)[C@H]3CC[C@]12C. The Morgan fingerprint density at radius 2 is 1.30 bits per heavy atom. The van der Waals surface area contributed by atoms with E-state index in [1.165, 1.54) is 25.7 Å². The van der Waals surface area contributed by atoms with Crippen LogP contribution in [-0.2, 0) is 9.59 Å². The third-order valence-corrected chi connectivity index (χ3v) is 15.3. The molecule has 0 aromatic heterocycles. The molecule has 6 nitrogen and oxygen atoms in total. The number of carbonyl (C=O) groups excluding carboxylic acids is 2. The molecule has 0 spiro atoms. The summed E-state index contributed by atoms with van der Waals surface area (Å²) in [6.07, 6.45) is 42.9. The lowest BCUT2D eigenvalue weighted by Crippen LogP contribution is -2.62. The van der Waals surface area contributed by atoms with Crippen LogP contribution in [-0.4, -0.2) is 59.3 Å². The number of aliphatic hydroxyl groups excluding tert-OH is 2. The fourth-order valence-corrected chi connectivity index (χ4v) is 12.1. The van der Waals surface area contributed by atoms with E-state index in [1.807, 2.05) is 7.05 Å². The number of aliphatic hydroxyl groups is 2. The second-order valence-corrected chi connectivity index (χ2v) is 18.8. The molecule has 4 aliphatic carbocycles. The fourth-order valence-electron chi connectivity index (χ4n) is 12.1. The first kappa shape index (κ1) is 47.0. The number of allylic oxidation sites excluding steroid dienone is 12. The van der Waals surface area contributed by atoms with Gasteiger partial charge in [-0.1, -0.05) is 114 Å². The molecule has 0 aromatic rings. The van der Waals surface area contributed by atoms with E-state index in [1.54, 1.807) is 4.90 Å². The second-order valence-electron chi connectivity index (χ2n) is 18.8. The zero-order chi connectivity index (χ0) is 41.3. The quantitative estimate of drug-likeness (QED) is 0.0954. The first-order valence-electron chi connectivity index (χ1n) is 23.2. The number of fused-ring (bicyclic) bond motifs is 5. The van der Waals surface area contributed by atoms with Crippen LogP contribution in [0.5, 0.6) is 0 Å². The fraction of sp³-hybridized carbons (Fsp3) is 0.725. The van der Waals surface area contributed by atoms with Crippen molar-refractivity contribution in [3.8, 4) is 0 Å². The van der Waals surface area contributed by atoms with Crippen molar-refractivity contribution in [2.24, 2.45) is 52.3 Å². The Balaban J connectivity index is 1.07. The summed E-state index contributed by atoms with van der Waals surface area (Å²) in [6.45, 7) is 12.8. The summed E-state index contributed by atoms with van der Waals surface area (Å²) in [5, 5.41) is 25.7. The molecule has 4 fully saturated rings. The molecular weight excluding hydrogens is 705 g/mol. The molecule has 0 aliphatic heterocycles. The van der Waals surface area contributed by atoms with Crippen molar-refractivity contribution in [3.63, 3.8) is 0 Å². The number of nitrogens with one attached hydrogen (secondary N) is 1. The average Bonchev–Trinajstić information content (AvgIpc) is 3.55. The Morgan fingerprint density at radius 1 is 0.737 bits per heavy atom. The van der Waals surface area contributed by atoms with Crippen LogP contribution in [0.3, 0.4) is 0 Å². The van der Waals surface area contributed by atoms with Gasteiger partial charge in [-0.25, -0.2) is 0 Å². The van der Waals surface area contributed by atoms with Gasteiger partial charge in [-0.3, -0.25) is 9.59 Å². The van der Waals surface area contributed by atoms with Crippen molar-refractivity contribution < 1.29 is 19.8 Å². The third-order valence-electron chi connectivity index (χ3n) is 15.3. The summed E-state index contributed by atoms with van der Waals surface area (Å²) in [7, 11) is 1.83. The van der Waals surface area contributed by atoms with Crippen LogP contribution in [0.2, 0.25) is 0 Å². The summed E-state index contributed by atoms with van der Waals surface area (Å²) in [6, 6.07) is 0. The number of hydrogen-bond donors (Lipinski definition) is 3. The van der Waals surface area contributed by atoms with Gasteiger partial charge in [0.2, 0.25) is 11.8 Å². The zero-order valence-corrected chi connectivity index (χ0v) is 36.9. The summed E-state index contributed by atoms with van der Waals surface area (Å²) in [4.78, 5) is 27.3. The highest BCUT2D eigenvalue weighted by molar-refractivity contribution is 5.77. The summed E-state index contributed by atoms with van der Waals surface area (Å²) >= 11 is 0. The number of amides is 2. The predicted molar refractivity (Wildman–Crippen MR) is 238 cm³/mol. The number of nitrogens with zero attached hydrogens (tertiary/aromatic N) is 1.